The fourth-order valence-electron chi connectivity index (χ4n) is 1.91. The summed E-state index contributed by atoms with van der Waals surface area (Å²) in [5.41, 5.74) is 1.36. The van der Waals surface area contributed by atoms with Crippen molar-refractivity contribution in [1.29, 1.82) is 0 Å². The Morgan fingerprint density at radius 1 is 1.41 bits per heavy atom. The molecule has 0 aliphatic heterocycles. The van der Waals surface area contributed by atoms with Gasteiger partial charge in [0.15, 0.2) is 0 Å². The minimum absolute atomic E-state index is 0.542. The highest BCUT2D eigenvalue weighted by molar-refractivity contribution is 9.10. The summed E-state index contributed by atoms with van der Waals surface area (Å²) in [5, 5.41) is 3.46. The van der Waals surface area contributed by atoms with Crippen LogP contribution < -0.4 is 5.32 Å². The van der Waals surface area contributed by atoms with E-state index >= 15 is 0 Å². The van der Waals surface area contributed by atoms with Gasteiger partial charge >= 0.3 is 0 Å². The molecule has 0 heterocycles. The average molecular weight is 300 g/mol. The summed E-state index contributed by atoms with van der Waals surface area (Å²) in [7, 11) is 1.77. The Balaban J connectivity index is 2.47. The predicted octanol–water partition coefficient (Wildman–Crippen LogP) is 3.25. The lowest BCUT2D eigenvalue weighted by atomic mass is 10.00. The monoisotopic (exact) mass is 299 g/mol. The van der Waals surface area contributed by atoms with Crippen molar-refractivity contribution in [1.82, 2.24) is 5.32 Å². The zero-order valence-corrected chi connectivity index (χ0v) is 12.3. The van der Waals surface area contributed by atoms with Crippen LogP contribution in [0.25, 0.3) is 0 Å². The summed E-state index contributed by atoms with van der Waals surface area (Å²) in [6.45, 7) is 5.10. The molecule has 0 radical (unpaired) electrons. The lowest BCUT2D eigenvalue weighted by molar-refractivity contribution is 0.151. The van der Waals surface area contributed by atoms with E-state index in [1.807, 2.05) is 0 Å². The number of ether oxygens (including phenoxy) is 1. The third kappa shape index (κ3) is 6.20. The first-order valence-electron chi connectivity index (χ1n) is 6.20. The maximum Gasteiger partial charge on any atom is 0.0505 e. The van der Waals surface area contributed by atoms with Crippen molar-refractivity contribution in [2.24, 2.45) is 5.92 Å². The molecule has 3 heteroatoms. The summed E-state index contributed by atoms with van der Waals surface area (Å²) in [6, 6.07) is 8.50. The summed E-state index contributed by atoms with van der Waals surface area (Å²) in [6.07, 6.45) is 2.24. The SMILES string of the molecule is CCCNCC(COC)Cc1cccc(Br)c1. The zero-order valence-electron chi connectivity index (χ0n) is 10.7. The van der Waals surface area contributed by atoms with E-state index in [2.05, 4.69) is 52.4 Å². The number of methoxy groups -OCH3 is 1. The molecule has 96 valence electrons. The van der Waals surface area contributed by atoms with Crippen LogP contribution in [0.2, 0.25) is 0 Å². The van der Waals surface area contributed by atoms with Crippen LogP contribution in [0.4, 0.5) is 0 Å². The molecule has 0 aliphatic carbocycles. The number of nitrogens with one attached hydrogen (secondary N) is 1. The summed E-state index contributed by atoms with van der Waals surface area (Å²) < 4.78 is 6.43. The second-order valence-corrected chi connectivity index (χ2v) is 5.28. The van der Waals surface area contributed by atoms with Gasteiger partial charge in [0.05, 0.1) is 6.61 Å². The Kier molecular flexibility index (Phi) is 7.49. The third-order valence-corrected chi connectivity index (χ3v) is 3.17. The minimum atomic E-state index is 0.542. The predicted molar refractivity (Wildman–Crippen MR) is 76.4 cm³/mol. The molecule has 0 aliphatic rings. The van der Waals surface area contributed by atoms with Gasteiger partial charge in [0.1, 0.15) is 0 Å². The maximum absolute atomic E-state index is 5.29. The van der Waals surface area contributed by atoms with Gasteiger partial charge in [0.25, 0.3) is 0 Å². The minimum Gasteiger partial charge on any atom is -0.384 e. The molecule has 2 nitrogen and oxygen atoms in total. The van der Waals surface area contributed by atoms with Crippen molar-refractivity contribution in [2.45, 2.75) is 19.8 Å². The molecule has 0 spiro atoms. The van der Waals surface area contributed by atoms with Crippen LogP contribution in [0.5, 0.6) is 0 Å². The third-order valence-electron chi connectivity index (χ3n) is 2.68. The topological polar surface area (TPSA) is 21.3 Å². The molecule has 0 saturated carbocycles. The normalized spacial score (nSPS) is 12.6. The van der Waals surface area contributed by atoms with Crippen molar-refractivity contribution in [2.75, 3.05) is 26.8 Å². The first-order chi connectivity index (χ1) is 8.26. The number of hydrogen-bond acceptors (Lipinski definition) is 2. The fourth-order valence-corrected chi connectivity index (χ4v) is 2.35. The molecule has 0 aromatic heterocycles. The van der Waals surface area contributed by atoms with Crippen LogP contribution in [0.3, 0.4) is 0 Å². The van der Waals surface area contributed by atoms with E-state index in [1.165, 1.54) is 12.0 Å². The van der Waals surface area contributed by atoms with Gasteiger partial charge in [-0.1, -0.05) is 35.0 Å². The fraction of sp³-hybridized carbons (Fsp3) is 0.571. The van der Waals surface area contributed by atoms with E-state index in [0.717, 1.165) is 30.6 Å². The lowest BCUT2D eigenvalue weighted by Gasteiger charge is -2.17. The van der Waals surface area contributed by atoms with Crippen LogP contribution in [0, 0.1) is 5.92 Å². The summed E-state index contributed by atoms with van der Waals surface area (Å²) in [4.78, 5) is 0. The van der Waals surface area contributed by atoms with E-state index in [9.17, 15) is 0 Å². The van der Waals surface area contributed by atoms with Crippen LogP contribution in [0.1, 0.15) is 18.9 Å². The Bertz CT molecular complexity index is 317. The van der Waals surface area contributed by atoms with Gasteiger partial charge in [0.2, 0.25) is 0 Å². The number of halogens is 1. The molecule has 0 bridgehead atoms. The van der Waals surface area contributed by atoms with E-state index in [0.29, 0.717) is 5.92 Å². The first-order valence-corrected chi connectivity index (χ1v) is 6.99. The Morgan fingerprint density at radius 2 is 2.24 bits per heavy atom. The molecule has 1 N–H and O–H groups in total. The van der Waals surface area contributed by atoms with Crippen molar-refractivity contribution in [3.8, 4) is 0 Å². The molecule has 1 aromatic rings. The number of benzene rings is 1. The maximum atomic E-state index is 5.29. The number of rotatable bonds is 8. The molecule has 1 aromatic carbocycles. The van der Waals surface area contributed by atoms with E-state index in [1.54, 1.807) is 7.11 Å². The highest BCUT2D eigenvalue weighted by Crippen LogP contribution is 2.15. The van der Waals surface area contributed by atoms with Crippen LogP contribution >= 0.6 is 15.9 Å². The quantitative estimate of drug-likeness (QED) is 0.744. The molecule has 0 fully saturated rings. The van der Waals surface area contributed by atoms with Gasteiger partial charge < -0.3 is 10.1 Å². The Hall–Kier alpha value is -0.380. The van der Waals surface area contributed by atoms with Crippen molar-refractivity contribution < 1.29 is 4.74 Å². The second kappa shape index (κ2) is 8.67. The highest BCUT2D eigenvalue weighted by atomic mass is 79.9. The largest absolute Gasteiger partial charge is 0.384 e. The van der Waals surface area contributed by atoms with Gasteiger partial charge in [-0.3, -0.25) is 0 Å². The summed E-state index contributed by atoms with van der Waals surface area (Å²) in [5.74, 6) is 0.542. The van der Waals surface area contributed by atoms with Gasteiger partial charge in [0, 0.05) is 18.1 Å². The molecule has 1 unspecified atom stereocenters. The average Bonchev–Trinajstić information content (AvgIpc) is 2.29. The second-order valence-electron chi connectivity index (χ2n) is 4.36. The van der Waals surface area contributed by atoms with Crippen LogP contribution in [-0.4, -0.2) is 26.8 Å². The van der Waals surface area contributed by atoms with Crippen molar-refractivity contribution in [3.63, 3.8) is 0 Å². The molecular formula is C14H22BrNO. The van der Waals surface area contributed by atoms with Crippen molar-refractivity contribution >= 4 is 15.9 Å². The van der Waals surface area contributed by atoms with E-state index in [-0.39, 0.29) is 0 Å². The molecule has 1 rings (SSSR count). The standard InChI is InChI=1S/C14H22BrNO/c1-3-7-16-10-13(11-17-2)8-12-5-4-6-14(15)9-12/h4-6,9,13,16H,3,7-8,10-11H2,1-2H3. The molecule has 17 heavy (non-hydrogen) atoms. The summed E-state index contributed by atoms with van der Waals surface area (Å²) >= 11 is 3.51. The van der Waals surface area contributed by atoms with E-state index in [4.69, 9.17) is 4.74 Å². The number of hydrogen-bond donors (Lipinski definition) is 1. The van der Waals surface area contributed by atoms with Gasteiger partial charge in [-0.15, -0.1) is 0 Å². The molecule has 1 atom stereocenters. The van der Waals surface area contributed by atoms with Crippen LogP contribution in [0.15, 0.2) is 28.7 Å². The smallest absolute Gasteiger partial charge is 0.0505 e. The Labute approximate surface area is 113 Å². The van der Waals surface area contributed by atoms with Gasteiger partial charge in [-0.05, 0) is 43.0 Å². The van der Waals surface area contributed by atoms with E-state index < -0.39 is 0 Å². The van der Waals surface area contributed by atoms with Crippen LogP contribution in [-0.2, 0) is 11.2 Å². The zero-order chi connectivity index (χ0) is 12.5. The molecule has 0 saturated heterocycles. The van der Waals surface area contributed by atoms with Gasteiger partial charge in [-0.25, -0.2) is 0 Å². The van der Waals surface area contributed by atoms with Crippen molar-refractivity contribution in [3.05, 3.63) is 34.3 Å². The Morgan fingerprint density at radius 3 is 2.88 bits per heavy atom. The molecule has 0 amide bonds. The van der Waals surface area contributed by atoms with Gasteiger partial charge in [-0.2, -0.15) is 0 Å². The highest BCUT2D eigenvalue weighted by Gasteiger charge is 2.09. The first kappa shape index (κ1) is 14.7. The lowest BCUT2D eigenvalue weighted by Crippen LogP contribution is -2.27. The molecular weight excluding hydrogens is 278 g/mol.